The van der Waals surface area contributed by atoms with Crippen LogP contribution >= 0.6 is 11.6 Å². The van der Waals surface area contributed by atoms with Gasteiger partial charge in [-0.2, -0.15) is 0 Å². The van der Waals surface area contributed by atoms with Gasteiger partial charge in [0.25, 0.3) is 5.91 Å². The first kappa shape index (κ1) is 22.2. The standard InChI is InChI=1S/C19H16ClFN6O2.C2H6/c1-27-9-10-29-16-15(27)17(20)23-24-18(16)25-26-19(28)14-4-2-3-13(22-14)11-5-7-12(21)8-6-11;1-2/h2-8H,9-10H2,1H3,(H,24,25)(H,26,28);1-2H3. The highest BCUT2D eigenvalue weighted by Crippen LogP contribution is 2.39. The smallest absolute Gasteiger partial charge is 0.288 e. The van der Waals surface area contributed by atoms with Crippen LogP contribution in [0, 0.1) is 5.82 Å². The van der Waals surface area contributed by atoms with Gasteiger partial charge in [-0.05, 0) is 36.4 Å². The van der Waals surface area contributed by atoms with Crippen LogP contribution in [0.5, 0.6) is 5.75 Å². The Morgan fingerprint density at radius 1 is 1.16 bits per heavy atom. The van der Waals surface area contributed by atoms with Crippen LogP contribution in [-0.2, 0) is 0 Å². The topological polar surface area (TPSA) is 92.3 Å². The summed E-state index contributed by atoms with van der Waals surface area (Å²) >= 11 is 6.11. The number of carbonyl (C=O) groups excluding carboxylic acids is 1. The molecule has 8 nitrogen and oxygen atoms in total. The molecule has 0 saturated heterocycles. The van der Waals surface area contributed by atoms with Crippen molar-refractivity contribution < 1.29 is 13.9 Å². The van der Waals surface area contributed by atoms with Crippen LogP contribution in [-0.4, -0.2) is 41.3 Å². The van der Waals surface area contributed by atoms with Crippen molar-refractivity contribution in [1.29, 1.82) is 0 Å². The molecule has 3 heterocycles. The number of hydrogen-bond acceptors (Lipinski definition) is 7. The lowest BCUT2D eigenvalue weighted by molar-refractivity contribution is 0.0957. The van der Waals surface area contributed by atoms with Gasteiger partial charge >= 0.3 is 0 Å². The molecule has 0 radical (unpaired) electrons. The number of anilines is 2. The number of nitrogens with one attached hydrogen (secondary N) is 2. The third-order valence-corrected chi connectivity index (χ3v) is 4.59. The number of halogens is 2. The van der Waals surface area contributed by atoms with Gasteiger partial charge in [0.15, 0.2) is 10.9 Å². The van der Waals surface area contributed by atoms with E-state index in [1.807, 2.05) is 25.8 Å². The van der Waals surface area contributed by atoms with Crippen LogP contribution in [0.1, 0.15) is 24.3 Å². The predicted octanol–water partition coefficient (Wildman–Crippen LogP) is 3.94. The Bertz CT molecular complexity index is 1060. The number of pyridine rings is 1. The maximum absolute atomic E-state index is 13.1. The zero-order valence-corrected chi connectivity index (χ0v) is 18.1. The third kappa shape index (κ3) is 5.00. The van der Waals surface area contributed by atoms with Crippen LogP contribution < -0.4 is 20.5 Å². The fraction of sp³-hybridized carbons (Fsp3) is 0.238. The number of benzene rings is 1. The van der Waals surface area contributed by atoms with Crippen molar-refractivity contribution in [2.75, 3.05) is 30.5 Å². The zero-order chi connectivity index (χ0) is 22.4. The van der Waals surface area contributed by atoms with Crippen LogP contribution in [0.25, 0.3) is 11.3 Å². The molecule has 0 atom stereocenters. The summed E-state index contributed by atoms with van der Waals surface area (Å²) in [5.41, 5.74) is 7.26. The second-order valence-corrected chi connectivity index (χ2v) is 6.64. The molecule has 1 aromatic carbocycles. The number of aromatic nitrogens is 3. The van der Waals surface area contributed by atoms with Gasteiger partial charge in [-0.1, -0.05) is 31.5 Å². The Labute approximate surface area is 184 Å². The van der Waals surface area contributed by atoms with E-state index in [1.54, 1.807) is 30.3 Å². The molecule has 31 heavy (non-hydrogen) atoms. The number of ether oxygens (including phenoxy) is 1. The number of fused-ring (bicyclic) bond motifs is 1. The molecule has 0 spiro atoms. The van der Waals surface area contributed by atoms with Gasteiger partial charge in [0, 0.05) is 12.6 Å². The Morgan fingerprint density at radius 3 is 2.65 bits per heavy atom. The van der Waals surface area contributed by atoms with Crippen molar-refractivity contribution >= 4 is 29.0 Å². The molecule has 10 heteroatoms. The van der Waals surface area contributed by atoms with Crippen LogP contribution in [0.4, 0.5) is 15.9 Å². The van der Waals surface area contributed by atoms with E-state index >= 15 is 0 Å². The summed E-state index contributed by atoms with van der Waals surface area (Å²) in [6.07, 6.45) is 0. The second kappa shape index (κ2) is 10.0. The first-order chi connectivity index (χ1) is 15.0. The normalized spacial score (nSPS) is 12.1. The Morgan fingerprint density at radius 2 is 1.90 bits per heavy atom. The number of rotatable bonds is 4. The molecule has 162 valence electrons. The van der Waals surface area contributed by atoms with Gasteiger partial charge in [-0.3, -0.25) is 15.6 Å². The molecule has 1 aliphatic heterocycles. The number of hydrogen-bond donors (Lipinski definition) is 2. The minimum Gasteiger partial charge on any atom is -0.486 e. The van der Waals surface area contributed by atoms with Gasteiger partial charge < -0.3 is 9.64 Å². The van der Waals surface area contributed by atoms with E-state index in [9.17, 15) is 9.18 Å². The highest BCUT2D eigenvalue weighted by Gasteiger charge is 2.24. The van der Waals surface area contributed by atoms with E-state index in [2.05, 4.69) is 26.0 Å². The van der Waals surface area contributed by atoms with Crippen LogP contribution in [0.15, 0.2) is 42.5 Å². The van der Waals surface area contributed by atoms with Gasteiger partial charge in [0.2, 0.25) is 5.82 Å². The summed E-state index contributed by atoms with van der Waals surface area (Å²) in [5, 5.41) is 8.05. The predicted molar refractivity (Wildman–Crippen MR) is 118 cm³/mol. The van der Waals surface area contributed by atoms with Crippen LogP contribution in [0.2, 0.25) is 5.15 Å². The van der Waals surface area contributed by atoms with Crippen LogP contribution in [0.3, 0.4) is 0 Å². The molecule has 2 aromatic heterocycles. The molecule has 2 N–H and O–H groups in total. The van der Waals surface area contributed by atoms with Crippen molar-refractivity contribution in [3.05, 3.63) is 59.1 Å². The highest BCUT2D eigenvalue weighted by atomic mass is 35.5. The van der Waals surface area contributed by atoms with Gasteiger partial charge in [-0.15, -0.1) is 10.2 Å². The molecule has 0 fully saturated rings. The molecule has 4 rings (SSSR count). The summed E-state index contributed by atoms with van der Waals surface area (Å²) in [6, 6.07) is 10.9. The summed E-state index contributed by atoms with van der Waals surface area (Å²) in [7, 11) is 1.86. The SMILES string of the molecule is CC.CN1CCOc2c(NNC(=O)c3cccc(-c4ccc(F)cc4)n3)nnc(Cl)c21. The lowest BCUT2D eigenvalue weighted by Crippen LogP contribution is -2.33. The molecular weight excluding hydrogens is 423 g/mol. The lowest BCUT2D eigenvalue weighted by atomic mass is 10.1. The van der Waals surface area contributed by atoms with E-state index < -0.39 is 5.91 Å². The Kier molecular flexibility index (Phi) is 7.19. The average molecular weight is 445 g/mol. The van der Waals surface area contributed by atoms with E-state index in [4.69, 9.17) is 16.3 Å². The first-order valence-electron chi connectivity index (χ1n) is 9.72. The maximum atomic E-state index is 13.1. The van der Waals surface area contributed by atoms with Gasteiger partial charge in [0.1, 0.15) is 23.8 Å². The minimum atomic E-state index is -0.483. The summed E-state index contributed by atoms with van der Waals surface area (Å²) in [5.74, 6) is -0.179. The van der Waals surface area contributed by atoms with E-state index in [0.29, 0.717) is 35.8 Å². The van der Waals surface area contributed by atoms with E-state index in [-0.39, 0.29) is 22.5 Å². The van der Waals surface area contributed by atoms with Crippen molar-refractivity contribution in [1.82, 2.24) is 20.6 Å². The molecule has 0 aliphatic carbocycles. The second-order valence-electron chi connectivity index (χ2n) is 6.28. The fourth-order valence-corrected chi connectivity index (χ4v) is 3.13. The molecular formula is C21H22ClFN6O2. The number of nitrogens with zero attached hydrogens (tertiary/aromatic N) is 4. The van der Waals surface area contributed by atoms with Crippen molar-refractivity contribution in [2.45, 2.75) is 13.8 Å². The van der Waals surface area contributed by atoms with Crippen molar-refractivity contribution in [2.24, 2.45) is 0 Å². The summed E-state index contributed by atoms with van der Waals surface area (Å²) < 4.78 is 18.8. The summed E-state index contributed by atoms with van der Waals surface area (Å²) in [4.78, 5) is 18.8. The maximum Gasteiger partial charge on any atom is 0.288 e. The molecule has 1 aliphatic rings. The first-order valence-corrected chi connectivity index (χ1v) is 10.1. The minimum absolute atomic E-state index is 0.174. The van der Waals surface area contributed by atoms with E-state index in [0.717, 1.165) is 0 Å². The number of hydrazine groups is 1. The number of likely N-dealkylation sites (N-methyl/N-ethyl adjacent to an activating group) is 1. The zero-order valence-electron chi connectivity index (χ0n) is 17.3. The average Bonchev–Trinajstić information content (AvgIpc) is 2.80. The molecule has 0 saturated carbocycles. The summed E-state index contributed by atoms with van der Waals surface area (Å²) in [6.45, 7) is 5.11. The Balaban J connectivity index is 0.00000132. The number of amides is 1. The Hall–Kier alpha value is -3.46. The fourth-order valence-electron chi connectivity index (χ4n) is 2.86. The molecule has 3 aromatic rings. The van der Waals surface area contributed by atoms with Gasteiger partial charge in [-0.25, -0.2) is 9.37 Å². The molecule has 0 bridgehead atoms. The largest absolute Gasteiger partial charge is 0.486 e. The lowest BCUT2D eigenvalue weighted by Gasteiger charge is -2.28. The monoisotopic (exact) mass is 444 g/mol. The quantitative estimate of drug-likeness (QED) is 0.589. The highest BCUT2D eigenvalue weighted by molar-refractivity contribution is 6.32. The third-order valence-electron chi connectivity index (χ3n) is 4.33. The van der Waals surface area contributed by atoms with Crippen molar-refractivity contribution in [3.8, 4) is 17.0 Å². The van der Waals surface area contributed by atoms with Crippen molar-refractivity contribution in [3.63, 3.8) is 0 Å². The molecule has 1 amide bonds. The molecule has 0 unspecified atom stereocenters. The van der Waals surface area contributed by atoms with Gasteiger partial charge in [0.05, 0.1) is 12.2 Å². The number of carbonyl (C=O) groups is 1. The van der Waals surface area contributed by atoms with E-state index in [1.165, 1.54) is 12.1 Å².